The Labute approximate surface area is 272 Å². The Morgan fingerprint density at radius 3 is 1.76 bits per heavy atom. The predicted molar refractivity (Wildman–Crippen MR) is 200 cm³/mol. The summed E-state index contributed by atoms with van der Waals surface area (Å²) in [6.45, 7) is 4.81. The second-order valence-electron chi connectivity index (χ2n) is 13.2. The molecule has 8 aromatic carbocycles. The van der Waals surface area contributed by atoms with Crippen LogP contribution >= 0.6 is 11.3 Å². The first-order chi connectivity index (χ1) is 22.6. The number of hydrogen-bond donors (Lipinski definition) is 0. The quantitative estimate of drug-likeness (QED) is 0.173. The van der Waals surface area contributed by atoms with Crippen LogP contribution in [0, 0.1) is 0 Å². The summed E-state index contributed by atoms with van der Waals surface area (Å²) in [6.07, 6.45) is 0. The molecule has 0 saturated carbocycles. The molecule has 0 amide bonds. The largest absolute Gasteiger partial charge is 0.135 e. The normalized spacial score (nSPS) is 13.6. The van der Waals surface area contributed by atoms with Crippen LogP contribution in [0.3, 0.4) is 0 Å². The fraction of sp³-hybridized carbons (Fsp3) is 0.0667. The van der Waals surface area contributed by atoms with Gasteiger partial charge in [-0.15, -0.1) is 11.3 Å². The van der Waals surface area contributed by atoms with Gasteiger partial charge in [-0.3, -0.25) is 0 Å². The van der Waals surface area contributed by atoms with Gasteiger partial charge < -0.3 is 0 Å². The molecule has 1 heterocycles. The Bertz CT molecular complexity index is 2660. The van der Waals surface area contributed by atoms with Crippen LogP contribution < -0.4 is 0 Å². The Kier molecular flexibility index (Phi) is 5.31. The smallest absolute Gasteiger partial charge is 0.0437 e. The average molecular weight is 603 g/mol. The minimum absolute atomic E-state index is 0.0977. The highest BCUT2D eigenvalue weighted by atomic mass is 32.1. The van der Waals surface area contributed by atoms with Crippen LogP contribution in [0.4, 0.5) is 0 Å². The van der Waals surface area contributed by atoms with Gasteiger partial charge in [-0.25, -0.2) is 0 Å². The molecule has 0 radical (unpaired) electrons. The zero-order valence-corrected chi connectivity index (χ0v) is 26.6. The Morgan fingerprint density at radius 1 is 0.413 bits per heavy atom. The van der Waals surface area contributed by atoms with E-state index in [0.717, 1.165) is 0 Å². The third-order valence-electron chi connectivity index (χ3n) is 10.5. The molecule has 10 rings (SSSR count). The lowest BCUT2D eigenvalue weighted by Crippen LogP contribution is -2.15. The van der Waals surface area contributed by atoms with Crippen molar-refractivity contribution in [2.75, 3.05) is 0 Å². The number of benzene rings is 8. The van der Waals surface area contributed by atoms with Crippen LogP contribution in [0.1, 0.15) is 25.0 Å². The summed E-state index contributed by atoms with van der Waals surface area (Å²) in [5.41, 5.74) is 10.7. The van der Waals surface area contributed by atoms with Gasteiger partial charge in [0.1, 0.15) is 0 Å². The third-order valence-corrected chi connectivity index (χ3v) is 11.7. The summed E-state index contributed by atoms with van der Waals surface area (Å²) in [6, 6.07) is 54.4. The van der Waals surface area contributed by atoms with Gasteiger partial charge in [-0.2, -0.15) is 0 Å². The summed E-state index contributed by atoms with van der Waals surface area (Å²) in [4.78, 5) is 0. The van der Waals surface area contributed by atoms with E-state index in [2.05, 4.69) is 159 Å². The molecule has 216 valence electrons. The maximum Gasteiger partial charge on any atom is 0.0437 e. The van der Waals surface area contributed by atoms with E-state index in [4.69, 9.17) is 0 Å². The summed E-state index contributed by atoms with van der Waals surface area (Å²) < 4.78 is 2.77. The van der Waals surface area contributed by atoms with Crippen molar-refractivity contribution in [3.63, 3.8) is 0 Å². The standard InChI is InChI=1S/C45H30S/c1-45(2)38-25-24-36-30-15-9-10-21-40(30)46-44(36)43(38)37-23-22-28(26-39(37)45)41-32-16-5-7-18-34(32)42(35-19-8-6-17-33(35)41)31-20-11-13-27-12-3-4-14-29(27)31/h3-26H,1-2H3. The van der Waals surface area contributed by atoms with Crippen molar-refractivity contribution >= 4 is 63.8 Å². The van der Waals surface area contributed by atoms with Gasteiger partial charge in [0.25, 0.3) is 0 Å². The van der Waals surface area contributed by atoms with Gasteiger partial charge in [-0.1, -0.05) is 147 Å². The maximum absolute atomic E-state index is 2.50. The lowest BCUT2D eigenvalue weighted by Gasteiger charge is -2.23. The zero-order valence-electron chi connectivity index (χ0n) is 25.8. The highest BCUT2D eigenvalue weighted by molar-refractivity contribution is 7.26. The molecule has 1 aliphatic carbocycles. The summed E-state index contributed by atoms with van der Waals surface area (Å²) in [7, 11) is 0. The molecule has 0 aliphatic heterocycles. The SMILES string of the molecule is CC1(C)c2cc(-c3c4ccccc4c(-c4cccc5ccccc45)c4ccccc34)ccc2-c2c1ccc1c2sc2ccccc21. The minimum atomic E-state index is -0.0977. The topological polar surface area (TPSA) is 0 Å². The summed E-state index contributed by atoms with van der Waals surface area (Å²) in [5.74, 6) is 0. The third kappa shape index (κ3) is 3.44. The van der Waals surface area contributed by atoms with Crippen LogP contribution in [-0.4, -0.2) is 0 Å². The number of rotatable bonds is 2. The zero-order chi connectivity index (χ0) is 30.6. The Morgan fingerprint density at radius 2 is 1.02 bits per heavy atom. The molecule has 0 spiro atoms. The van der Waals surface area contributed by atoms with Crippen molar-refractivity contribution in [3.05, 3.63) is 157 Å². The second kappa shape index (κ2) is 9.39. The molecule has 0 atom stereocenters. The van der Waals surface area contributed by atoms with E-state index in [0.29, 0.717) is 0 Å². The minimum Gasteiger partial charge on any atom is -0.135 e. The van der Waals surface area contributed by atoms with Crippen molar-refractivity contribution in [1.82, 2.24) is 0 Å². The lowest BCUT2D eigenvalue weighted by molar-refractivity contribution is 0.661. The van der Waals surface area contributed by atoms with E-state index >= 15 is 0 Å². The van der Waals surface area contributed by atoms with Crippen molar-refractivity contribution in [2.45, 2.75) is 19.3 Å². The van der Waals surface area contributed by atoms with E-state index in [-0.39, 0.29) is 5.41 Å². The molecular formula is C45H30S. The van der Waals surface area contributed by atoms with Crippen molar-refractivity contribution < 1.29 is 0 Å². The highest BCUT2D eigenvalue weighted by Gasteiger charge is 2.37. The summed E-state index contributed by atoms with van der Waals surface area (Å²) >= 11 is 1.94. The average Bonchev–Trinajstić information content (AvgIpc) is 3.59. The van der Waals surface area contributed by atoms with Gasteiger partial charge in [0, 0.05) is 31.2 Å². The number of thiophene rings is 1. The van der Waals surface area contributed by atoms with E-state index in [1.165, 1.54) is 97.0 Å². The molecule has 0 N–H and O–H groups in total. The molecule has 1 heteroatoms. The molecule has 0 bridgehead atoms. The summed E-state index contributed by atoms with van der Waals surface area (Å²) in [5, 5.41) is 10.5. The van der Waals surface area contributed by atoms with Crippen molar-refractivity contribution in [2.24, 2.45) is 0 Å². The van der Waals surface area contributed by atoms with Crippen molar-refractivity contribution in [1.29, 1.82) is 0 Å². The van der Waals surface area contributed by atoms with E-state index in [1.807, 2.05) is 11.3 Å². The fourth-order valence-electron chi connectivity index (χ4n) is 8.33. The molecule has 0 unspecified atom stereocenters. The molecule has 0 nitrogen and oxygen atoms in total. The Hall–Kier alpha value is -5.24. The van der Waals surface area contributed by atoms with Crippen LogP contribution in [0.2, 0.25) is 0 Å². The Balaban J connectivity index is 1.26. The second-order valence-corrected chi connectivity index (χ2v) is 14.3. The van der Waals surface area contributed by atoms with Gasteiger partial charge in [0.15, 0.2) is 0 Å². The molecule has 0 fully saturated rings. The predicted octanol–water partition coefficient (Wildman–Crippen LogP) is 13.2. The van der Waals surface area contributed by atoms with Crippen molar-refractivity contribution in [3.8, 4) is 33.4 Å². The first-order valence-corrected chi connectivity index (χ1v) is 16.9. The van der Waals surface area contributed by atoms with Crippen LogP contribution in [0.5, 0.6) is 0 Å². The van der Waals surface area contributed by atoms with Crippen LogP contribution in [0.15, 0.2) is 146 Å². The van der Waals surface area contributed by atoms with Crippen LogP contribution in [0.25, 0.3) is 85.9 Å². The molecule has 9 aromatic rings. The lowest BCUT2D eigenvalue weighted by atomic mass is 9.80. The van der Waals surface area contributed by atoms with Gasteiger partial charge in [0.05, 0.1) is 0 Å². The number of fused-ring (bicyclic) bond motifs is 10. The van der Waals surface area contributed by atoms with Gasteiger partial charge >= 0.3 is 0 Å². The maximum atomic E-state index is 2.50. The van der Waals surface area contributed by atoms with E-state index in [9.17, 15) is 0 Å². The molecule has 1 aromatic heterocycles. The van der Waals surface area contributed by atoms with Gasteiger partial charge in [-0.05, 0) is 83.4 Å². The fourth-order valence-corrected chi connectivity index (χ4v) is 9.59. The first-order valence-electron chi connectivity index (χ1n) is 16.1. The van der Waals surface area contributed by atoms with Crippen LogP contribution in [-0.2, 0) is 5.41 Å². The van der Waals surface area contributed by atoms with Gasteiger partial charge in [0.2, 0.25) is 0 Å². The molecule has 1 aliphatic rings. The molecular weight excluding hydrogens is 573 g/mol. The van der Waals surface area contributed by atoms with E-state index in [1.54, 1.807) is 0 Å². The molecule has 46 heavy (non-hydrogen) atoms. The highest BCUT2D eigenvalue weighted by Crippen LogP contribution is 2.55. The first kappa shape index (κ1) is 26.0. The number of hydrogen-bond acceptors (Lipinski definition) is 1. The van der Waals surface area contributed by atoms with E-state index < -0.39 is 0 Å². The monoisotopic (exact) mass is 602 g/mol. The molecule has 0 saturated heterocycles.